The lowest BCUT2D eigenvalue weighted by molar-refractivity contribution is 0.0950. The van der Waals surface area contributed by atoms with Crippen LogP contribution in [0, 0.1) is 0 Å². The summed E-state index contributed by atoms with van der Waals surface area (Å²) in [6.07, 6.45) is 0. The molecule has 0 saturated heterocycles. The topological polar surface area (TPSA) is 96.2 Å². The third-order valence-electron chi connectivity index (χ3n) is 3.27. The van der Waals surface area contributed by atoms with E-state index in [2.05, 4.69) is 20.7 Å². The molecule has 0 fully saturated rings. The van der Waals surface area contributed by atoms with Crippen LogP contribution in [-0.4, -0.2) is 21.8 Å². The Morgan fingerprint density at radius 1 is 1.27 bits per heavy atom. The van der Waals surface area contributed by atoms with Gasteiger partial charge in [0.25, 0.3) is 5.91 Å². The molecule has 0 unspecified atom stereocenters. The Balaban J connectivity index is 2.07. The summed E-state index contributed by atoms with van der Waals surface area (Å²) in [6.45, 7) is 7.96. The van der Waals surface area contributed by atoms with Gasteiger partial charge in [0.1, 0.15) is 0 Å². The second kappa shape index (κ2) is 6.01. The van der Waals surface area contributed by atoms with Gasteiger partial charge in [-0.1, -0.05) is 32.9 Å². The van der Waals surface area contributed by atoms with E-state index in [1.165, 1.54) is 0 Å². The third kappa shape index (κ3) is 3.72. The van der Waals surface area contributed by atoms with Crippen molar-refractivity contribution in [1.29, 1.82) is 0 Å². The van der Waals surface area contributed by atoms with Crippen molar-refractivity contribution in [1.82, 2.24) is 15.6 Å². The zero-order valence-corrected chi connectivity index (χ0v) is 13.3. The summed E-state index contributed by atoms with van der Waals surface area (Å²) in [4.78, 5) is 12.1. The highest BCUT2D eigenvalue weighted by molar-refractivity contribution is 6.00. The molecule has 1 amide bonds. The summed E-state index contributed by atoms with van der Waals surface area (Å²) in [5, 5.41) is 11.0. The molecule has 0 atom stereocenters. The predicted octanol–water partition coefficient (Wildman–Crippen LogP) is 2.44. The molecule has 1 heterocycles. The molecular weight excluding hydrogens is 278 g/mol. The average molecular weight is 299 g/mol. The molecule has 1 aromatic carbocycles. The van der Waals surface area contributed by atoms with E-state index in [1.54, 1.807) is 18.2 Å². The number of rotatable bonds is 3. The molecule has 1 aromatic heterocycles. The fourth-order valence-corrected chi connectivity index (χ4v) is 1.80. The van der Waals surface area contributed by atoms with Gasteiger partial charge in [-0.25, -0.2) is 5.43 Å². The minimum absolute atomic E-state index is 0.0886. The van der Waals surface area contributed by atoms with Crippen molar-refractivity contribution in [2.24, 2.45) is 5.10 Å². The molecule has 0 aliphatic heterocycles. The van der Waals surface area contributed by atoms with Crippen molar-refractivity contribution in [3.63, 3.8) is 0 Å². The fraction of sp³-hybridized carbons (Fsp3) is 0.312. The Morgan fingerprint density at radius 2 is 1.91 bits per heavy atom. The zero-order valence-electron chi connectivity index (χ0n) is 13.3. The van der Waals surface area contributed by atoms with Gasteiger partial charge in [0.05, 0.1) is 5.71 Å². The van der Waals surface area contributed by atoms with Crippen molar-refractivity contribution in [3.8, 4) is 0 Å². The number of hydrazone groups is 1. The molecule has 0 spiro atoms. The number of anilines is 1. The first-order valence-corrected chi connectivity index (χ1v) is 7.04. The van der Waals surface area contributed by atoms with Crippen LogP contribution in [0.25, 0.3) is 0 Å². The summed E-state index contributed by atoms with van der Waals surface area (Å²) in [5.41, 5.74) is 11.6. The number of hydrogen-bond donors (Lipinski definition) is 3. The van der Waals surface area contributed by atoms with E-state index >= 15 is 0 Å². The van der Waals surface area contributed by atoms with Gasteiger partial charge in [0, 0.05) is 16.8 Å². The summed E-state index contributed by atoms with van der Waals surface area (Å²) in [7, 11) is 0. The number of hydrogen-bond acceptors (Lipinski definition) is 4. The average Bonchev–Trinajstić information content (AvgIpc) is 2.95. The van der Waals surface area contributed by atoms with Crippen molar-refractivity contribution in [2.75, 3.05) is 5.73 Å². The Labute approximate surface area is 129 Å². The quantitative estimate of drug-likeness (QED) is 0.461. The van der Waals surface area contributed by atoms with Crippen molar-refractivity contribution in [3.05, 3.63) is 47.3 Å². The normalized spacial score (nSPS) is 12.3. The van der Waals surface area contributed by atoms with Gasteiger partial charge in [-0.15, -0.1) is 0 Å². The molecular formula is C16H21N5O. The molecule has 116 valence electrons. The smallest absolute Gasteiger partial charge is 0.291 e. The summed E-state index contributed by atoms with van der Waals surface area (Å²) >= 11 is 0. The second-order valence-corrected chi connectivity index (χ2v) is 6.18. The van der Waals surface area contributed by atoms with Gasteiger partial charge in [0.2, 0.25) is 0 Å². The minimum atomic E-state index is -0.346. The van der Waals surface area contributed by atoms with Gasteiger partial charge in [-0.05, 0) is 30.7 Å². The number of carbonyl (C=O) groups is 1. The lowest BCUT2D eigenvalue weighted by Gasteiger charge is -2.14. The first-order valence-electron chi connectivity index (χ1n) is 7.04. The Morgan fingerprint density at radius 3 is 2.45 bits per heavy atom. The van der Waals surface area contributed by atoms with Crippen LogP contribution < -0.4 is 11.2 Å². The molecule has 0 aliphatic rings. The highest BCUT2D eigenvalue weighted by atomic mass is 16.2. The Bertz CT molecular complexity index is 692. The van der Waals surface area contributed by atoms with E-state index in [-0.39, 0.29) is 11.3 Å². The van der Waals surface area contributed by atoms with Gasteiger partial charge >= 0.3 is 0 Å². The standard InChI is InChI=1S/C16H21N5O/c1-10(11-5-7-12(17)8-6-11)18-21-15(22)13-9-14(20-19-13)16(2,3)4/h5-9H,17H2,1-4H3,(H,19,20)(H,21,22)/b18-10-. The van der Waals surface area contributed by atoms with Gasteiger partial charge in [-0.2, -0.15) is 10.2 Å². The summed E-state index contributed by atoms with van der Waals surface area (Å²) in [6, 6.07) is 9.03. The van der Waals surface area contributed by atoms with Crippen LogP contribution in [0.5, 0.6) is 0 Å². The van der Waals surface area contributed by atoms with Crippen LogP contribution >= 0.6 is 0 Å². The SMILES string of the molecule is C/C(=N/NC(=O)c1cc(C(C)(C)C)[nH]n1)c1ccc(N)cc1. The number of amides is 1. The lowest BCUT2D eigenvalue weighted by Crippen LogP contribution is -2.19. The van der Waals surface area contributed by atoms with Crippen LogP contribution in [0.15, 0.2) is 35.4 Å². The van der Waals surface area contributed by atoms with Crippen molar-refractivity contribution < 1.29 is 4.79 Å². The molecule has 22 heavy (non-hydrogen) atoms. The van der Waals surface area contributed by atoms with E-state index in [0.29, 0.717) is 17.1 Å². The molecule has 0 radical (unpaired) electrons. The number of H-pyrrole nitrogens is 1. The molecule has 0 bridgehead atoms. The number of nitrogen functional groups attached to an aromatic ring is 1. The van der Waals surface area contributed by atoms with E-state index in [9.17, 15) is 4.79 Å². The van der Waals surface area contributed by atoms with Crippen LogP contribution in [0.2, 0.25) is 0 Å². The maximum absolute atomic E-state index is 12.1. The molecule has 6 heteroatoms. The highest BCUT2D eigenvalue weighted by Gasteiger charge is 2.19. The summed E-state index contributed by atoms with van der Waals surface area (Å²) in [5.74, 6) is -0.346. The van der Waals surface area contributed by atoms with E-state index < -0.39 is 0 Å². The highest BCUT2D eigenvalue weighted by Crippen LogP contribution is 2.20. The number of nitrogens with zero attached hydrogens (tertiary/aromatic N) is 2. The van der Waals surface area contributed by atoms with Crippen molar-refractivity contribution in [2.45, 2.75) is 33.1 Å². The van der Waals surface area contributed by atoms with E-state index in [1.807, 2.05) is 39.8 Å². The second-order valence-electron chi connectivity index (χ2n) is 6.18. The van der Waals surface area contributed by atoms with Crippen LogP contribution in [0.4, 0.5) is 5.69 Å². The van der Waals surface area contributed by atoms with Gasteiger partial charge in [-0.3, -0.25) is 9.89 Å². The predicted molar refractivity (Wildman–Crippen MR) is 87.8 cm³/mol. The largest absolute Gasteiger partial charge is 0.399 e. The molecule has 2 rings (SSSR count). The minimum Gasteiger partial charge on any atom is -0.399 e. The summed E-state index contributed by atoms with van der Waals surface area (Å²) < 4.78 is 0. The van der Waals surface area contributed by atoms with E-state index in [0.717, 1.165) is 11.3 Å². The lowest BCUT2D eigenvalue weighted by atomic mass is 9.92. The van der Waals surface area contributed by atoms with Crippen molar-refractivity contribution >= 4 is 17.3 Å². The van der Waals surface area contributed by atoms with Gasteiger partial charge < -0.3 is 5.73 Å². The molecule has 6 nitrogen and oxygen atoms in total. The fourth-order valence-electron chi connectivity index (χ4n) is 1.80. The maximum Gasteiger partial charge on any atom is 0.291 e. The zero-order chi connectivity index (χ0) is 16.3. The van der Waals surface area contributed by atoms with E-state index in [4.69, 9.17) is 5.73 Å². The number of carbonyl (C=O) groups excluding carboxylic acids is 1. The number of nitrogens with one attached hydrogen (secondary N) is 2. The number of benzene rings is 1. The first kappa shape index (κ1) is 15.8. The van der Waals surface area contributed by atoms with Crippen LogP contribution in [0.3, 0.4) is 0 Å². The Hall–Kier alpha value is -2.63. The number of aromatic amines is 1. The molecule has 0 aliphatic carbocycles. The van der Waals surface area contributed by atoms with Crippen LogP contribution in [0.1, 0.15) is 49.4 Å². The van der Waals surface area contributed by atoms with Gasteiger partial charge in [0.15, 0.2) is 5.69 Å². The monoisotopic (exact) mass is 299 g/mol. The third-order valence-corrected chi connectivity index (χ3v) is 3.27. The molecule has 4 N–H and O–H groups in total. The molecule has 2 aromatic rings. The number of aromatic nitrogens is 2. The van der Waals surface area contributed by atoms with Crippen LogP contribution in [-0.2, 0) is 5.41 Å². The first-order chi connectivity index (χ1) is 10.3. The Kier molecular flexibility index (Phi) is 4.30. The number of nitrogens with two attached hydrogens (primary N) is 1. The molecule has 0 saturated carbocycles. The maximum atomic E-state index is 12.1.